The van der Waals surface area contributed by atoms with E-state index in [1.54, 1.807) is 0 Å². The summed E-state index contributed by atoms with van der Waals surface area (Å²) in [6.07, 6.45) is 0. The molecular weight excluding hydrogens is 268 g/mol. The molecule has 0 aromatic carbocycles. The van der Waals surface area contributed by atoms with E-state index >= 15 is 0 Å². The van der Waals surface area contributed by atoms with Crippen LogP contribution in [0.1, 0.15) is 25.6 Å². The number of nitrogens with one attached hydrogen (secondary N) is 2. The molecule has 0 amide bonds. The topological polar surface area (TPSA) is 95.2 Å². The van der Waals surface area contributed by atoms with Gasteiger partial charge in [-0.1, -0.05) is 13.8 Å². The van der Waals surface area contributed by atoms with Gasteiger partial charge in [-0.15, -0.1) is 0 Å². The molecule has 0 unspecified atom stereocenters. The van der Waals surface area contributed by atoms with E-state index in [-0.39, 0.29) is 23.8 Å². The molecule has 108 valence electrons. The maximum absolute atomic E-state index is 11.6. The molecule has 1 aromatic heterocycles. The zero-order valence-electron chi connectivity index (χ0n) is 11.6. The fourth-order valence-electron chi connectivity index (χ4n) is 1.33. The molecule has 7 nitrogen and oxygen atoms in total. The molecule has 0 spiro atoms. The highest BCUT2D eigenvalue weighted by atomic mass is 32.2. The zero-order chi connectivity index (χ0) is 14.6. The summed E-state index contributed by atoms with van der Waals surface area (Å²) < 4.78 is 24.3. The Kier molecular flexibility index (Phi) is 5.07. The molecule has 1 heterocycles. The SMILES string of the molecule is CC(C)c1nc(NCCS(=O)(=O)N(C)C)cc(=O)[nH]1. The van der Waals surface area contributed by atoms with Crippen molar-refractivity contribution in [3.05, 3.63) is 22.2 Å². The van der Waals surface area contributed by atoms with Gasteiger partial charge >= 0.3 is 0 Å². The summed E-state index contributed by atoms with van der Waals surface area (Å²) in [7, 11) is -0.280. The number of hydrogen-bond acceptors (Lipinski definition) is 5. The minimum atomic E-state index is -3.25. The van der Waals surface area contributed by atoms with Crippen molar-refractivity contribution < 1.29 is 8.42 Å². The van der Waals surface area contributed by atoms with E-state index in [9.17, 15) is 13.2 Å². The lowest BCUT2D eigenvalue weighted by Crippen LogP contribution is -2.29. The fraction of sp³-hybridized carbons (Fsp3) is 0.636. The number of aromatic nitrogens is 2. The maximum Gasteiger partial charge on any atom is 0.252 e. The smallest absolute Gasteiger partial charge is 0.252 e. The summed E-state index contributed by atoms with van der Waals surface area (Å²) in [5.41, 5.74) is -0.253. The minimum Gasteiger partial charge on any atom is -0.369 e. The molecule has 1 rings (SSSR count). The van der Waals surface area contributed by atoms with Crippen LogP contribution in [0, 0.1) is 0 Å². The normalized spacial score (nSPS) is 12.1. The number of anilines is 1. The molecule has 1 aromatic rings. The van der Waals surface area contributed by atoms with E-state index in [2.05, 4.69) is 15.3 Å². The lowest BCUT2D eigenvalue weighted by Gasteiger charge is -2.12. The summed E-state index contributed by atoms with van der Waals surface area (Å²) in [6, 6.07) is 1.31. The average Bonchev–Trinajstić information content (AvgIpc) is 2.27. The third-order valence-corrected chi connectivity index (χ3v) is 4.36. The van der Waals surface area contributed by atoms with Crippen LogP contribution >= 0.6 is 0 Å². The predicted molar refractivity (Wildman–Crippen MR) is 74.9 cm³/mol. The molecule has 0 saturated heterocycles. The molecule has 19 heavy (non-hydrogen) atoms. The first-order valence-corrected chi connectivity index (χ1v) is 7.58. The lowest BCUT2D eigenvalue weighted by atomic mass is 10.2. The molecule has 0 fully saturated rings. The Bertz CT molecular complexity index is 578. The van der Waals surface area contributed by atoms with Crippen LogP contribution in [0.25, 0.3) is 0 Å². The molecule has 8 heteroatoms. The number of aromatic amines is 1. The van der Waals surface area contributed by atoms with E-state index in [0.29, 0.717) is 11.6 Å². The molecular formula is C11H20N4O3S. The Hall–Kier alpha value is -1.41. The predicted octanol–water partition coefficient (Wildman–Crippen LogP) is 0.197. The van der Waals surface area contributed by atoms with Crippen molar-refractivity contribution in [2.24, 2.45) is 0 Å². The van der Waals surface area contributed by atoms with Crippen LogP contribution < -0.4 is 10.9 Å². The van der Waals surface area contributed by atoms with Crippen LogP contribution in [0.4, 0.5) is 5.82 Å². The number of nitrogens with zero attached hydrogens (tertiary/aromatic N) is 2. The second kappa shape index (κ2) is 6.16. The highest BCUT2D eigenvalue weighted by Gasteiger charge is 2.13. The average molecular weight is 288 g/mol. The molecule has 0 atom stereocenters. The van der Waals surface area contributed by atoms with Crippen LogP contribution in [0.15, 0.2) is 10.9 Å². The van der Waals surface area contributed by atoms with Gasteiger partial charge in [-0.2, -0.15) is 0 Å². The van der Waals surface area contributed by atoms with Crippen molar-refractivity contribution in [2.45, 2.75) is 19.8 Å². The van der Waals surface area contributed by atoms with Crippen LogP contribution in [0.5, 0.6) is 0 Å². The zero-order valence-corrected chi connectivity index (χ0v) is 12.4. The monoisotopic (exact) mass is 288 g/mol. The van der Waals surface area contributed by atoms with Gasteiger partial charge in [0, 0.05) is 32.6 Å². The minimum absolute atomic E-state index is 0.0501. The first-order chi connectivity index (χ1) is 8.72. The quantitative estimate of drug-likeness (QED) is 0.779. The van der Waals surface area contributed by atoms with Crippen molar-refractivity contribution in [3.8, 4) is 0 Å². The first-order valence-electron chi connectivity index (χ1n) is 5.97. The van der Waals surface area contributed by atoms with Crippen LogP contribution in [0.3, 0.4) is 0 Å². The summed E-state index contributed by atoms with van der Waals surface area (Å²) >= 11 is 0. The lowest BCUT2D eigenvalue weighted by molar-refractivity contribution is 0.521. The Morgan fingerprint density at radius 1 is 1.42 bits per heavy atom. The molecule has 0 saturated carbocycles. The number of rotatable bonds is 6. The molecule has 0 aliphatic rings. The third-order valence-electron chi connectivity index (χ3n) is 2.53. The summed E-state index contributed by atoms with van der Waals surface area (Å²) in [6.45, 7) is 4.03. The fourth-order valence-corrected chi connectivity index (χ4v) is 2.06. The Labute approximate surface area is 113 Å². The van der Waals surface area contributed by atoms with Crippen molar-refractivity contribution in [2.75, 3.05) is 31.7 Å². The molecule has 0 aliphatic carbocycles. The summed E-state index contributed by atoms with van der Waals surface area (Å²) in [5.74, 6) is 1.01. The largest absolute Gasteiger partial charge is 0.369 e. The standard InChI is InChI=1S/C11H20N4O3S/c1-8(2)11-13-9(7-10(16)14-11)12-5-6-19(17,18)15(3)4/h7-8H,5-6H2,1-4H3,(H2,12,13,14,16). The highest BCUT2D eigenvalue weighted by Crippen LogP contribution is 2.08. The van der Waals surface area contributed by atoms with E-state index in [0.717, 1.165) is 0 Å². The summed E-state index contributed by atoms with van der Waals surface area (Å²) in [5, 5.41) is 2.85. The van der Waals surface area contributed by atoms with Crippen molar-refractivity contribution in [1.82, 2.24) is 14.3 Å². The van der Waals surface area contributed by atoms with Gasteiger partial charge < -0.3 is 10.3 Å². The number of hydrogen-bond donors (Lipinski definition) is 2. The van der Waals surface area contributed by atoms with Crippen molar-refractivity contribution in [1.29, 1.82) is 0 Å². The van der Waals surface area contributed by atoms with Gasteiger partial charge in [0.1, 0.15) is 11.6 Å². The van der Waals surface area contributed by atoms with Gasteiger partial charge in [0.2, 0.25) is 10.0 Å². The van der Waals surface area contributed by atoms with Crippen LogP contribution in [-0.4, -0.2) is 49.1 Å². The van der Waals surface area contributed by atoms with Gasteiger partial charge in [0.05, 0.1) is 5.75 Å². The summed E-state index contributed by atoms with van der Waals surface area (Å²) in [4.78, 5) is 18.3. The maximum atomic E-state index is 11.6. The Morgan fingerprint density at radius 2 is 2.05 bits per heavy atom. The Balaban J connectivity index is 2.72. The van der Waals surface area contributed by atoms with E-state index in [1.807, 2.05) is 13.8 Å². The molecule has 0 aliphatic heterocycles. The van der Waals surface area contributed by atoms with Crippen LogP contribution in [0.2, 0.25) is 0 Å². The molecule has 0 bridgehead atoms. The van der Waals surface area contributed by atoms with E-state index < -0.39 is 10.0 Å². The van der Waals surface area contributed by atoms with Gasteiger partial charge in [-0.05, 0) is 0 Å². The van der Waals surface area contributed by atoms with Gasteiger partial charge in [-0.3, -0.25) is 4.79 Å². The highest BCUT2D eigenvalue weighted by molar-refractivity contribution is 7.89. The van der Waals surface area contributed by atoms with E-state index in [4.69, 9.17) is 0 Å². The van der Waals surface area contributed by atoms with Crippen molar-refractivity contribution >= 4 is 15.8 Å². The first kappa shape index (κ1) is 15.6. The Morgan fingerprint density at radius 3 is 2.58 bits per heavy atom. The van der Waals surface area contributed by atoms with E-state index in [1.165, 1.54) is 24.5 Å². The van der Waals surface area contributed by atoms with Gasteiger partial charge in [-0.25, -0.2) is 17.7 Å². The second-order valence-corrected chi connectivity index (χ2v) is 7.00. The second-order valence-electron chi connectivity index (χ2n) is 4.70. The molecule has 0 radical (unpaired) electrons. The van der Waals surface area contributed by atoms with Gasteiger partial charge in [0.25, 0.3) is 5.56 Å². The number of H-pyrrole nitrogens is 1. The van der Waals surface area contributed by atoms with Crippen LogP contribution in [-0.2, 0) is 10.0 Å². The van der Waals surface area contributed by atoms with Gasteiger partial charge in [0.15, 0.2) is 0 Å². The number of sulfonamides is 1. The molecule has 2 N–H and O–H groups in total. The van der Waals surface area contributed by atoms with Crippen molar-refractivity contribution in [3.63, 3.8) is 0 Å². The third kappa shape index (κ3) is 4.64.